The normalized spacial score (nSPS) is 10.2. The van der Waals surface area contributed by atoms with Gasteiger partial charge in [-0.2, -0.15) is 0 Å². The molecule has 2 aromatic rings. The van der Waals surface area contributed by atoms with E-state index in [1.54, 1.807) is 0 Å². The van der Waals surface area contributed by atoms with E-state index in [9.17, 15) is 19.3 Å². The van der Waals surface area contributed by atoms with Crippen LogP contribution in [-0.4, -0.2) is 16.0 Å². The van der Waals surface area contributed by atoms with Crippen LogP contribution in [0.1, 0.15) is 10.4 Å². The number of halogens is 2. The minimum atomic E-state index is -1.50. The zero-order chi connectivity index (χ0) is 15.6. The van der Waals surface area contributed by atoms with Crippen LogP contribution in [0.15, 0.2) is 36.4 Å². The maximum absolute atomic E-state index is 13.5. The Bertz CT molecular complexity index is 734. The van der Waals surface area contributed by atoms with E-state index in [1.165, 1.54) is 18.2 Å². The zero-order valence-corrected chi connectivity index (χ0v) is 11.0. The van der Waals surface area contributed by atoms with E-state index in [0.29, 0.717) is 0 Å². The van der Waals surface area contributed by atoms with Gasteiger partial charge in [0, 0.05) is 12.1 Å². The molecule has 0 aromatic heterocycles. The predicted octanol–water partition coefficient (Wildman–Crippen LogP) is 3.88. The van der Waals surface area contributed by atoms with Crippen molar-refractivity contribution in [1.29, 1.82) is 0 Å². The van der Waals surface area contributed by atoms with E-state index in [1.807, 2.05) is 0 Å². The number of nitro benzene ring substituents is 1. The number of carboxylic acid groups (broad SMARTS) is 1. The summed E-state index contributed by atoms with van der Waals surface area (Å²) in [6.45, 7) is 0. The third-order valence-electron chi connectivity index (χ3n) is 2.54. The Kier molecular flexibility index (Phi) is 4.04. The molecule has 0 fully saturated rings. The summed E-state index contributed by atoms with van der Waals surface area (Å²) in [6, 6.07) is 6.91. The fourth-order valence-corrected chi connectivity index (χ4v) is 1.81. The van der Waals surface area contributed by atoms with Crippen molar-refractivity contribution in [3.05, 3.63) is 62.9 Å². The van der Waals surface area contributed by atoms with Crippen molar-refractivity contribution >= 4 is 23.3 Å². The molecule has 0 radical (unpaired) electrons. The molecular weight excluding hydrogens is 305 g/mol. The number of aromatic carboxylic acids is 1. The maximum Gasteiger partial charge on any atom is 0.342 e. The smallest absolute Gasteiger partial charge is 0.342 e. The van der Waals surface area contributed by atoms with Gasteiger partial charge in [-0.15, -0.1) is 0 Å². The highest BCUT2D eigenvalue weighted by Crippen LogP contribution is 2.34. The van der Waals surface area contributed by atoms with Gasteiger partial charge < -0.3 is 9.84 Å². The van der Waals surface area contributed by atoms with Crippen LogP contribution in [0.2, 0.25) is 5.02 Å². The fraction of sp³-hybridized carbons (Fsp3) is 0. The Hall–Kier alpha value is -2.67. The molecular formula is C13H7ClFNO5. The van der Waals surface area contributed by atoms with Crippen LogP contribution in [0.25, 0.3) is 0 Å². The molecule has 8 heteroatoms. The summed E-state index contributed by atoms with van der Waals surface area (Å²) in [4.78, 5) is 21.0. The van der Waals surface area contributed by atoms with Crippen molar-refractivity contribution in [3.8, 4) is 11.5 Å². The topological polar surface area (TPSA) is 89.7 Å². The molecule has 0 aliphatic heterocycles. The summed E-state index contributed by atoms with van der Waals surface area (Å²) in [7, 11) is 0. The number of hydrogen-bond acceptors (Lipinski definition) is 4. The predicted molar refractivity (Wildman–Crippen MR) is 71.5 cm³/mol. The second-order valence-corrected chi connectivity index (χ2v) is 4.30. The van der Waals surface area contributed by atoms with Crippen molar-refractivity contribution < 1.29 is 24.0 Å². The SMILES string of the molecule is O=C(O)c1c(F)cccc1Oc1ccc([N+](=O)[O-])cc1Cl. The number of carbonyl (C=O) groups is 1. The lowest BCUT2D eigenvalue weighted by Gasteiger charge is -2.10. The number of carboxylic acids is 1. The first-order valence-electron chi connectivity index (χ1n) is 5.53. The Balaban J connectivity index is 2.42. The van der Waals surface area contributed by atoms with Crippen molar-refractivity contribution in [2.24, 2.45) is 0 Å². The molecule has 6 nitrogen and oxygen atoms in total. The molecule has 0 saturated carbocycles. The van der Waals surface area contributed by atoms with Gasteiger partial charge in [-0.3, -0.25) is 10.1 Å². The summed E-state index contributed by atoms with van der Waals surface area (Å²) in [5.74, 6) is -2.73. The quantitative estimate of drug-likeness (QED) is 0.683. The number of rotatable bonds is 4. The molecule has 1 N–H and O–H groups in total. The monoisotopic (exact) mass is 311 g/mol. The molecule has 0 aliphatic rings. The molecule has 0 aliphatic carbocycles. The van der Waals surface area contributed by atoms with Crippen LogP contribution in [0.5, 0.6) is 11.5 Å². The molecule has 0 spiro atoms. The van der Waals surface area contributed by atoms with Crippen molar-refractivity contribution in [2.75, 3.05) is 0 Å². The minimum Gasteiger partial charge on any atom is -0.477 e. The van der Waals surface area contributed by atoms with Crippen LogP contribution < -0.4 is 4.74 Å². The average Bonchev–Trinajstić information content (AvgIpc) is 2.40. The average molecular weight is 312 g/mol. The van der Waals surface area contributed by atoms with Gasteiger partial charge in [-0.05, 0) is 18.2 Å². The van der Waals surface area contributed by atoms with E-state index >= 15 is 0 Å². The van der Waals surface area contributed by atoms with Crippen LogP contribution in [-0.2, 0) is 0 Å². The molecule has 108 valence electrons. The van der Waals surface area contributed by atoms with Crippen molar-refractivity contribution in [2.45, 2.75) is 0 Å². The highest BCUT2D eigenvalue weighted by Gasteiger charge is 2.19. The Morgan fingerprint density at radius 2 is 2.00 bits per heavy atom. The lowest BCUT2D eigenvalue weighted by molar-refractivity contribution is -0.384. The largest absolute Gasteiger partial charge is 0.477 e. The maximum atomic E-state index is 13.5. The Labute approximate surface area is 122 Å². The summed E-state index contributed by atoms with van der Waals surface area (Å²) in [5, 5.41) is 19.5. The molecule has 0 bridgehead atoms. The number of nitro groups is 1. The van der Waals surface area contributed by atoms with Crippen LogP contribution in [0, 0.1) is 15.9 Å². The van der Waals surface area contributed by atoms with E-state index < -0.39 is 22.3 Å². The first-order chi connectivity index (χ1) is 9.90. The van der Waals surface area contributed by atoms with E-state index in [2.05, 4.69) is 0 Å². The Morgan fingerprint density at radius 1 is 1.29 bits per heavy atom. The number of nitrogens with zero attached hydrogens (tertiary/aromatic N) is 1. The van der Waals surface area contributed by atoms with Crippen LogP contribution >= 0.6 is 11.6 Å². The zero-order valence-electron chi connectivity index (χ0n) is 10.2. The molecule has 0 unspecified atom stereocenters. The lowest BCUT2D eigenvalue weighted by Crippen LogP contribution is -2.03. The first kappa shape index (κ1) is 14.7. The molecule has 21 heavy (non-hydrogen) atoms. The number of hydrogen-bond donors (Lipinski definition) is 1. The van der Waals surface area contributed by atoms with Gasteiger partial charge in [0.15, 0.2) is 0 Å². The summed E-state index contributed by atoms with van der Waals surface area (Å²) in [5.41, 5.74) is -0.892. The highest BCUT2D eigenvalue weighted by atomic mass is 35.5. The molecule has 0 atom stereocenters. The van der Waals surface area contributed by atoms with E-state index in [4.69, 9.17) is 21.4 Å². The number of ether oxygens (including phenoxy) is 1. The second kappa shape index (κ2) is 5.76. The third-order valence-corrected chi connectivity index (χ3v) is 2.83. The van der Waals surface area contributed by atoms with Crippen LogP contribution in [0.4, 0.5) is 10.1 Å². The van der Waals surface area contributed by atoms with Gasteiger partial charge in [-0.1, -0.05) is 17.7 Å². The lowest BCUT2D eigenvalue weighted by atomic mass is 10.2. The van der Waals surface area contributed by atoms with Crippen LogP contribution in [0.3, 0.4) is 0 Å². The molecule has 0 amide bonds. The molecule has 0 heterocycles. The van der Waals surface area contributed by atoms with Crippen molar-refractivity contribution in [3.63, 3.8) is 0 Å². The van der Waals surface area contributed by atoms with Gasteiger partial charge in [0.2, 0.25) is 0 Å². The van der Waals surface area contributed by atoms with Gasteiger partial charge in [0.1, 0.15) is 22.9 Å². The molecule has 0 saturated heterocycles. The second-order valence-electron chi connectivity index (χ2n) is 3.89. The van der Waals surface area contributed by atoms with E-state index in [-0.39, 0.29) is 22.2 Å². The summed E-state index contributed by atoms with van der Waals surface area (Å²) >= 11 is 5.82. The standard InChI is InChI=1S/C13H7ClFNO5/c14-8-6-7(16(19)20)4-5-10(8)21-11-3-1-2-9(15)12(11)13(17)18/h1-6H,(H,17,18). The van der Waals surface area contributed by atoms with Gasteiger partial charge in [0.05, 0.1) is 9.95 Å². The van der Waals surface area contributed by atoms with E-state index in [0.717, 1.165) is 18.2 Å². The molecule has 2 rings (SSSR count). The molecule has 2 aromatic carbocycles. The van der Waals surface area contributed by atoms with Crippen molar-refractivity contribution in [1.82, 2.24) is 0 Å². The number of benzene rings is 2. The van der Waals surface area contributed by atoms with Gasteiger partial charge in [0.25, 0.3) is 5.69 Å². The fourth-order valence-electron chi connectivity index (χ4n) is 1.60. The highest BCUT2D eigenvalue weighted by molar-refractivity contribution is 6.32. The first-order valence-corrected chi connectivity index (χ1v) is 5.91. The number of non-ortho nitro benzene ring substituents is 1. The summed E-state index contributed by atoms with van der Waals surface area (Å²) in [6.07, 6.45) is 0. The van der Waals surface area contributed by atoms with Gasteiger partial charge in [-0.25, -0.2) is 9.18 Å². The van der Waals surface area contributed by atoms with Gasteiger partial charge >= 0.3 is 5.97 Å². The minimum absolute atomic E-state index is 0.0182. The summed E-state index contributed by atoms with van der Waals surface area (Å²) < 4.78 is 18.7. The Morgan fingerprint density at radius 3 is 2.57 bits per heavy atom. The third kappa shape index (κ3) is 3.09.